The van der Waals surface area contributed by atoms with Gasteiger partial charge in [-0.3, -0.25) is 4.79 Å². The van der Waals surface area contributed by atoms with Gasteiger partial charge in [-0.15, -0.1) is 0 Å². The number of benzene rings is 1. The number of hydrogen-bond donors (Lipinski definition) is 1. The van der Waals surface area contributed by atoms with Crippen molar-refractivity contribution in [2.24, 2.45) is 0 Å². The van der Waals surface area contributed by atoms with Gasteiger partial charge in [-0.25, -0.2) is 0 Å². The van der Waals surface area contributed by atoms with E-state index < -0.39 is 0 Å². The van der Waals surface area contributed by atoms with Crippen LogP contribution in [0.3, 0.4) is 0 Å². The van der Waals surface area contributed by atoms with E-state index in [1.54, 1.807) is 6.07 Å². The molecule has 1 atom stereocenters. The minimum absolute atomic E-state index is 0.0994. The summed E-state index contributed by atoms with van der Waals surface area (Å²) in [5.74, 6) is 0. The molecule has 19 heavy (non-hydrogen) atoms. The number of nitrogens with one attached hydrogen (secondary N) is 1. The van der Waals surface area contributed by atoms with Gasteiger partial charge in [-0.05, 0) is 25.1 Å². The zero-order chi connectivity index (χ0) is 13.7. The molecule has 0 spiro atoms. The van der Waals surface area contributed by atoms with Crippen molar-refractivity contribution in [1.29, 1.82) is 0 Å². The SMILES string of the molecule is CCCC(Cn1ccc(=O)c2ccccc21)NCC. The molecule has 2 rings (SSSR count). The summed E-state index contributed by atoms with van der Waals surface area (Å²) >= 11 is 0. The Bertz CT molecular complexity index is 583. The largest absolute Gasteiger partial charge is 0.346 e. The normalized spacial score (nSPS) is 12.7. The maximum atomic E-state index is 11.8. The minimum Gasteiger partial charge on any atom is -0.346 e. The number of pyridine rings is 1. The lowest BCUT2D eigenvalue weighted by Gasteiger charge is -2.20. The predicted molar refractivity (Wildman–Crippen MR) is 80.6 cm³/mol. The number of hydrogen-bond acceptors (Lipinski definition) is 2. The standard InChI is InChI=1S/C16H22N2O/c1-3-7-13(17-4-2)12-18-11-10-16(19)14-8-5-6-9-15(14)18/h5-6,8-11,13,17H,3-4,7,12H2,1-2H3. The fourth-order valence-corrected chi connectivity index (χ4v) is 2.55. The Labute approximate surface area is 114 Å². The third kappa shape index (κ3) is 3.24. The zero-order valence-electron chi connectivity index (χ0n) is 11.7. The number of rotatable bonds is 6. The highest BCUT2D eigenvalue weighted by Gasteiger charge is 2.09. The molecule has 0 bridgehead atoms. The summed E-state index contributed by atoms with van der Waals surface area (Å²) in [5.41, 5.74) is 1.12. The first kappa shape index (κ1) is 13.8. The third-order valence-corrected chi connectivity index (χ3v) is 3.43. The molecule has 0 aliphatic heterocycles. The molecule has 3 heteroatoms. The number of likely N-dealkylation sites (N-methyl/N-ethyl adjacent to an activating group) is 1. The van der Waals surface area contributed by atoms with Crippen LogP contribution in [-0.4, -0.2) is 17.2 Å². The van der Waals surface area contributed by atoms with Gasteiger partial charge in [-0.2, -0.15) is 0 Å². The van der Waals surface area contributed by atoms with Crippen molar-refractivity contribution in [2.75, 3.05) is 6.54 Å². The van der Waals surface area contributed by atoms with Gasteiger partial charge in [-0.1, -0.05) is 32.4 Å². The van der Waals surface area contributed by atoms with Crippen LogP contribution in [0.4, 0.5) is 0 Å². The number of aromatic nitrogens is 1. The lowest BCUT2D eigenvalue weighted by Crippen LogP contribution is -2.33. The van der Waals surface area contributed by atoms with Crippen molar-refractivity contribution in [3.8, 4) is 0 Å². The van der Waals surface area contributed by atoms with Crippen LogP contribution in [0, 0.1) is 0 Å². The minimum atomic E-state index is 0.0994. The van der Waals surface area contributed by atoms with E-state index in [0.29, 0.717) is 6.04 Å². The third-order valence-electron chi connectivity index (χ3n) is 3.43. The molecule has 2 aromatic rings. The second kappa shape index (κ2) is 6.53. The lowest BCUT2D eigenvalue weighted by atomic mass is 10.1. The fraction of sp³-hybridized carbons (Fsp3) is 0.438. The Balaban J connectivity index is 2.34. The molecule has 1 N–H and O–H groups in total. The Morgan fingerprint density at radius 3 is 2.74 bits per heavy atom. The van der Waals surface area contributed by atoms with E-state index in [1.165, 1.54) is 0 Å². The lowest BCUT2D eigenvalue weighted by molar-refractivity contribution is 0.433. The second-order valence-corrected chi connectivity index (χ2v) is 4.89. The van der Waals surface area contributed by atoms with Crippen LogP contribution < -0.4 is 10.7 Å². The topological polar surface area (TPSA) is 34.0 Å². The molecular formula is C16H22N2O. The second-order valence-electron chi connectivity index (χ2n) is 4.89. The highest BCUT2D eigenvalue weighted by Crippen LogP contribution is 2.11. The van der Waals surface area contributed by atoms with Gasteiger partial charge < -0.3 is 9.88 Å². The van der Waals surface area contributed by atoms with Gasteiger partial charge in [0.1, 0.15) is 0 Å². The van der Waals surface area contributed by atoms with Gasteiger partial charge in [0.05, 0.1) is 5.52 Å². The molecule has 3 nitrogen and oxygen atoms in total. The van der Waals surface area contributed by atoms with E-state index >= 15 is 0 Å². The molecule has 0 fully saturated rings. The van der Waals surface area contributed by atoms with Crippen LogP contribution in [0.5, 0.6) is 0 Å². The first-order valence-electron chi connectivity index (χ1n) is 7.07. The average molecular weight is 258 g/mol. The van der Waals surface area contributed by atoms with Crippen molar-refractivity contribution < 1.29 is 0 Å². The van der Waals surface area contributed by atoms with Crippen LogP contribution in [0.2, 0.25) is 0 Å². The average Bonchev–Trinajstić information content (AvgIpc) is 2.43. The summed E-state index contributed by atoms with van der Waals surface area (Å²) in [5, 5.41) is 4.31. The highest BCUT2D eigenvalue weighted by atomic mass is 16.1. The van der Waals surface area contributed by atoms with Crippen LogP contribution >= 0.6 is 0 Å². The summed E-state index contributed by atoms with van der Waals surface area (Å²) in [7, 11) is 0. The number of para-hydroxylation sites is 1. The van der Waals surface area contributed by atoms with Crippen LogP contribution in [-0.2, 0) is 6.54 Å². The van der Waals surface area contributed by atoms with Crippen molar-refractivity contribution in [2.45, 2.75) is 39.3 Å². The maximum absolute atomic E-state index is 11.8. The van der Waals surface area contributed by atoms with Gasteiger partial charge in [0.2, 0.25) is 0 Å². The van der Waals surface area contributed by atoms with Gasteiger partial charge in [0.15, 0.2) is 5.43 Å². The Kier molecular flexibility index (Phi) is 4.74. The fourth-order valence-electron chi connectivity index (χ4n) is 2.55. The van der Waals surface area contributed by atoms with Crippen molar-refractivity contribution in [1.82, 2.24) is 9.88 Å². The molecular weight excluding hydrogens is 236 g/mol. The van der Waals surface area contributed by atoms with Crippen LogP contribution in [0.25, 0.3) is 10.9 Å². The summed E-state index contributed by atoms with van der Waals surface area (Å²) in [6.45, 7) is 6.21. The quantitative estimate of drug-likeness (QED) is 0.864. The van der Waals surface area contributed by atoms with Gasteiger partial charge in [0, 0.05) is 30.2 Å². The molecule has 1 unspecified atom stereocenters. The van der Waals surface area contributed by atoms with E-state index in [4.69, 9.17) is 0 Å². The van der Waals surface area contributed by atoms with Crippen LogP contribution in [0.1, 0.15) is 26.7 Å². The molecule has 102 valence electrons. The Morgan fingerprint density at radius 1 is 1.21 bits per heavy atom. The van der Waals surface area contributed by atoms with Crippen LogP contribution in [0.15, 0.2) is 41.3 Å². The number of fused-ring (bicyclic) bond motifs is 1. The smallest absolute Gasteiger partial charge is 0.189 e. The molecule has 1 heterocycles. The Hall–Kier alpha value is -1.61. The van der Waals surface area contributed by atoms with Crippen molar-refractivity contribution in [3.05, 3.63) is 46.8 Å². The summed E-state index contributed by atoms with van der Waals surface area (Å²) in [4.78, 5) is 11.8. The van der Waals surface area contributed by atoms with Gasteiger partial charge >= 0.3 is 0 Å². The molecule has 1 aromatic heterocycles. The molecule has 1 aromatic carbocycles. The van der Waals surface area contributed by atoms with E-state index in [1.807, 2.05) is 30.5 Å². The monoisotopic (exact) mass is 258 g/mol. The van der Waals surface area contributed by atoms with E-state index in [9.17, 15) is 4.79 Å². The van der Waals surface area contributed by atoms with Gasteiger partial charge in [0.25, 0.3) is 0 Å². The summed E-state index contributed by atoms with van der Waals surface area (Å²) in [6, 6.07) is 9.95. The molecule has 0 aliphatic rings. The maximum Gasteiger partial charge on any atom is 0.189 e. The molecule has 0 saturated carbocycles. The first-order chi connectivity index (χ1) is 9.26. The molecule has 0 aliphatic carbocycles. The molecule has 0 saturated heterocycles. The van der Waals surface area contributed by atoms with E-state index in [2.05, 4.69) is 23.7 Å². The first-order valence-corrected chi connectivity index (χ1v) is 7.07. The predicted octanol–water partition coefficient (Wildman–Crippen LogP) is 2.78. The van der Waals surface area contributed by atoms with E-state index in [0.717, 1.165) is 36.8 Å². The summed E-state index contributed by atoms with van der Waals surface area (Å²) < 4.78 is 2.18. The van der Waals surface area contributed by atoms with E-state index in [-0.39, 0.29) is 5.43 Å². The molecule has 0 radical (unpaired) electrons. The highest BCUT2D eigenvalue weighted by molar-refractivity contribution is 5.78. The van der Waals surface area contributed by atoms with Crippen molar-refractivity contribution >= 4 is 10.9 Å². The zero-order valence-corrected chi connectivity index (χ0v) is 11.7. The van der Waals surface area contributed by atoms with Crippen molar-refractivity contribution in [3.63, 3.8) is 0 Å². The summed E-state index contributed by atoms with van der Waals surface area (Å²) in [6.07, 6.45) is 4.22. The Morgan fingerprint density at radius 2 is 2.00 bits per heavy atom. The number of nitrogens with zero attached hydrogens (tertiary/aromatic N) is 1. The molecule has 0 amide bonds.